The summed E-state index contributed by atoms with van der Waals surface area (Å²) >= 11 is 0. The average Bonchev–Trinajstić information content (AvgIpc) is 2.94. The van der Waals surface area contributed by atoms with E-state index in [0.717, 1.165) is 18.5 Å². The predicted octanol–water partition coefficient (Wildman–Crippen LogP) is 3.60. The molecule has 1 aromatic rings. The zero-order chi connectivity index (χ0) is 30.1. The van der Waals surface area contributed by atoms with E-state index in [0.29, 0.717) is 50.3 Å². The molecule has 3 rings (SSSR count). The first-order chi connectivity index (χ1) is 19.5. The van der Waals surface area contributed by atoms with Crippen LogP contribution in [0.4, 0.5) is 5.69 Å². The number of nitrogens with one attached hydrogen (secondary N) is 1. The van der Waals surface area contributed by atoms with Crippen LogP contribution in [0, 0.1) is 11.8 Å². The summed E-state index contributed by atoms with van der Waals surface area (Å²) < 4.78 is 0. The maximum atomic E-state index is 13.9. The molecule has 3 atom stereocenters. The summed E-state index contributed by atoms with van der Waals surface area (Å²) in [7, 11) is 3.87. The lowest BCUT2D eigenvalue weighted by Gasteiger charge is -2.38. The Morgan fingerprint density at radius 3 is 2.24 bits per heavy atom. The SMILES string of the molecule is CCC1C(=O)CN(C(=O)[C@@H](N)CC2CCCCC2)CCCN1C(=O)[C@H](CC(C)C)NC(=O)c1ccc(N(C)C)cc1. The van der Waals surface area contributed by atoms with Crippen LogP contribution >= 0.6 is 0 Å². The molecule has 0 bridgehead atoms. The minimum Gasteiger partial charge on any atom is -0.378 e. The molecule has 1 aliphatic carbocycles. The van der Waals surface area contributed by atoms with E-state index in [1.165, 1.54) is 19.3 Å². The average molecular weight is 570 g/mol. The summed E-state index contributed by atoms with van der Waals surface area (Å²) in [5.41, 5.74) is 7.80. The van der Waals surface area contributed by atoms with Crippen molar-refractivity contribution in [2.24, 2.45) is 17.6 Å². The van der Waals surface area contributed by atoms with Crippen molar-refractivity contribution >= 4 is 29.2 Å². The van der Waals surface area contributed by atoms with E-state index in [1.54, 1.807) is 21.9 Å². The Labute approximate surface area is 246 Å². The number of anilines is 1. The zero-order valence-electron chi connectivity index (χ0n) is 25.7. The van der Waals surface area contributed by atoms with Crippen molar-refractivity contribution in [1.82, 2.24) is 15.1 Å². The molecule has 1 saturated heterocycles. The van der Waals surface area contributed by atoms with Crippen molar-refractivity contribution in [3.05, 3.63) is 29.8 Å². The van der Waals surface area contributed by atoms with Gasteiger partial charge in [0.15, 0.2) is 5.78 Å². The van der Waals surface area contributed by atoms with Gasteiger partial charge in [-0.15, -0.1) is 0 Å². The van der Waals surface area contributed by atoms with Crippen LogP contribution in [0.3, 0.4) is 0 Å². The Hall–Kier alpha value is -2.94. The molecule has 2 aliphatic rings. The number of Topliss-reactive ketones (excluding diaryl/α,β-unsaturated/α-hetero) is 1. The molecule has 9 heteroatoms. The molecular formula is C32H51N5O4. The number of carbonyl (C=O) groups is 4. The highest BCUT2D eigenvalue weighted by Crippen LogP contribution is 2.27. The maximum Gasteiger partial charge on any atom is 0.251 e. The maximum absolute atomic E-state index is 13.9. The van der Waals surface area contributed by atoms with Crippen LogP contribution in [0.1, 0.15) is 88.9 Å². The lowest BCUT2D eigenvalue weighted by Crippen LogP contribution is -2.58. The van der Waals surface area contributed by atoms with Crippen LogP contribution in [-0.4, -0.2) is 85.2 Å². The van der Waals surface area contributed by atoms with Crippen molar-refractivity contribution in [2.45, 2.75) is 96.7 Å². The Morgan fingerprint density at radius 2 is 1.66 bits per heavy atom. The largest absolute Gasteiger partial charge is 0.378 e. The molecule has 1 heterocycles. The van der Waals surface area contributed by atoms with Gasteiger partial charge in [-0.3, -0.25) is 19.2 Å². The van der Waals surface area contributed by atoms with Crippen LogP contribution in [0.2, 0.25) is 0 Å². The van der Waals surface area contributed by atoms with E-state index in [1.807, 2.05) is 51.9 Å². The third kappa shape index (κ3) is 9.02. The summed E-state index contributed by atoms with van der Waals surface area (Å²) in [6.45, 7) is 6.57. The van der Waals surface area contributed by atoms with Crippen molar-refractivity contribution in [2.75, 3.05) is 38.6 Å². The molecule has 3 amide bonds. The summed E-state index contributed by atoms with van der Waals surface area (Å²) in [6, 6.07) is 5.23. The third-order valence-electron chi connectivity index (χ3n) is 8.49. The number of hydrogen-bond acceptors (Lipinski definition) is 6. The molecule has 41 heavy (non-hydrogen) atoms. The number of nitrogens with zero attached hydrogens (tertiary/aromatic N) is 3. The normalized spacial score (nSPS) is 20.3. The van der Waals surface area contributed by atoms with Gasteiger partial charge in [0, 0.05) is 38.4 Å². The quantitative estimate of drug-likeness (QED) is 0.445. The van der Waals surface area contributed by atoms with Gasteiger partial charge in [0.25, 0.3) is 5.91 Å². The monoisotopic (exact) mass is 569 g/mol. The third-order valence-corrected chi connectivity index (χ3v) is 8.49. The van der Waals surface area contributed by atoms with Gasteiger partial charge < -0.3 is 25.8 Å². The number of ketones is 1. The molecule has 3 N–H and O–H groups in total. The van der Waals surface area contributed by atoms with Gasteiger partial charge in [-0.05, 0) is 61.8 Å². The second kappa shape index (κ2) is 15.3. The standard InChI is InChI=1S/C32H51N5O4/c1-6-28-29(38)21-36(31(40)26(33)20-23-11-8-7-9-12-23)17-10-18-37(28)32(41)27(19-22(2)3)34-30(39)24-13-15-25(16-14-24)35(4)5/h13-16,22-23,26-28H,6-12,17-21,33H2,1-5H3,(H,34,39)/t26-,27-,28?/m0/s1. The fourth-order valence-corrected chi connectivity index (χ4v) is 6.20. The van der Waals surface area contributed by atoms with Crippen LogP contribution in [0.5, 0.6) is 0 Å². The number of carbonyl (C=O) groups excluding carboxylic acids is 4. The van der Waals surface area contributed by atoms with E-state index in [9.17, 15) is 19.2 Å². The first kappa shape index (κ1) is 32.6. The fourth-order valence-electron chi connectivity index (χ4n) is 6.20. The number of hydrogen-bond donors (Lipinski definition) is 2. The predicted molar refractivity (Wildman–Crippen MR) is 163 cm³/mol. The lowest BCUT2D eigenvalue weighted by molar-refractivity contribution is -0.146. The summed E-state index contributed by atoms with van der Waals surface area (Å²) in [5.74, 6) is -0.250. The van der Waals surface area contributed by atoms with Crippen molar-refractivity contribution in [1.29, 1.82) is 0 Å². The van der Waals surface area contributed by atoms with Gasteiger partial charge in [0.05, 0.1) is 18.6 Å². The summed E-state index contributed by atoms with van der Waals surface area (Å²) in [5, 5.41) is 2.95. The molecule has 228 valence electrons. The van der Waals surface area contributed by atoms with E-state index >= 15 is 0 Å². The zero-order valence-corrected chi connectivity index (χ0v) is 25.7. The second-order valence-corrected chi connectivity index (χ2v) is 12.5. The van der Waals surface area contributed by atoms with Gasteiger partial charge in [0.1, 0.15) is 6.04 Å². The van der Waals surface area contributed by atoms with Crippen molar-refractivity contribution in [3.63, 3.8) is 0 Å². The van der Waals surface area contributed by atoms with Crippen molar-refractivity contribution in [3.8, 4) is 0 Å². The van der Waals surface area contributed by atoms with Crippen molar-refractivity contribution < 1.29 is 19.2 Å². The van der Waals surface area contributed by atoms with Crippen LogP contribution in [0.25, 0.3) is 0 Å². The molecule has 9 nitrogen and oxygen atoms in total. The molecule has 1 aromatic carbocycles. The van der Waals surface area contributed by atoms with Crippen LogP contribution < -0.4 is 16.0 Å². The summed E-state index contributed by atoms with van der Waals surface area (Å²) in [6.07, 6.45) is 7.98. The highest BCUT2D eigenvalue weighted by Gasteiger charge is 2.37. The Morgan fingerprint density at radius 1 is 1.00 bits per heavy atom. The number of benzene rings is 1. The van der Waals surface area contributed by atoms with Gasteiger partial charge in [-0.25, -0.2) is 0 Å². The first-order valence-electron chi connectivity index (χ1n) is 15.5. The van der Waals surface area contributed by atoms with Crippen LogP contribution in [0.15, 0.2) is 24.3 Å². The highest BCUT2D eigenvalue weighted by atomic mass is 16.2. The Balaban J connectivity index is 1.69. The minimum atomic E-state index is -0.751. The van der Waals surface area contributed by atoms with E-state index in [-0.39, 0.29) is 36.0 Å². The van der Waals surface area contributed by atoms with Gasteiger partial charge in [-0.1, -0.05) is 52.9 Å². The highest BCUT2D eigenvalue weighted by molar-refractivity contribution is 5.99. The molecule has 1 saturated carbocycles. The Bertz CT molecular complexity index is 1040. The molecule has 2 fully saturated rings. The van der Waals surface area contributed by atoms with Gasteiger partial charge in [-0.2, -0.15) is 0 Å². The Kier molecular flexibility index (Phi) is 12.2. The topological polar surface area (TPSA) is 116 Å². The van der Waals surface area contributed by atoms with E-state index in [4.69, 9.17) is 5.73 Å². The van der Waals surface area contributed by atoms with Crippen LogP contribution in [-0.2, 0) is 14.4 Å². The molecule has 0 aromatic heterocycles. The smallest absolute Gasteiger partial charge is 0.251 e. The molecular weight excluding hydrogens is 518 g/mol. The van der Waals surface area contributed by atoms with Gasteiger partial charge in [0.2, 0.25) is 11.8 Å². The molecule has 0 spiro atoms. The molecule has 0 radical (unpaired) electrons. The number of nitrogens with two attached hydrogens (primary N) is 1. The van der Waals surface area contributed by atoms with Gasteiger partial charge >= 0.3 is 0 Å². The fraction of sp³-hybridized carbons (Fsp3) is 0.688. The van der Waals surface area contributed by atoms with E-state index < -0.39 is 18.1 Å². The minimum absolute atomic E-state index is 0.0427. The molecule has 1 aliphatic heterocycles. The molecule has 1 unspecified atom stereocenters. The lowest BCUT2D eigenvalue weighted by atomic mass is 9.84. The number of amides is 3. The van der Waals surface area contributed by atoms with E-state index in [2.05, 4.69) is 5.32 Å². The second-order valence-electron chi connectivity index (χ2n) is 12.5. The first-order valence-corrected chi connectivity index (χ1v) is 15.5. The summed E-state index contributed by atoms with van der Waals surface area (Å²) in [4.78, 5) is 59.0. The number of rotatable bonds is 10.